The molecule has 0 amide bonds. The summed E-state index contributed by atoms with van der Waals surface area (Å²) in [4.78, 5) is 4.47. The monoisotopic (exact) mass is 157 g/mol. The van der Waals surface area contributed by atoms with Crippen molar-refractivity contribution >= 4 is 16.8 Å². The van der Waals surface area contributed by atoms with Crippen LogP contribution in [0.15, 0.2) is 4.99 Å². The minimum atomic E-state index is 0.532. The van der Waals surface area contributed by atoms with Gasteiger partial charge in [-0.15, -0.1) is 11.8 Å². The standard InChI is InChI=1S/C8H15NS/c1-5(2)8-6(3)9-7(4)10-8/h5-6,8H,1-4H3/t6?,8-/m1/s1. The van der Waals surface area contributed by atoms with Crippen LogP contribution in [0.4, 0.5) is 0 Å². The lowest BCUT2D eigenvalue weighted by Crippen LogP contribution is -2.19. The molecule has 0 aromatic carbocycles. The predicted molar refractivity (Wildman–Crippen MR) is 48.8 cm³/mol. The lowest BCUT2D eigenvalue weighted by Gasteiger charge is -2.16. The summed E-state index contributed by atoms with van der Waals surface area (Å²) < 4.78 is 0. The molecule has 0 saturated carbocycles. The van der Waals surface area contributed by atoms with E-state index in [1.165, 1.54) is 5.04 Å². The second kappa shape index (κ2) is 2.95. The van der Waals surface area contributed by atoms with Gasteiger partial charge in [0.2, 0.25) is 0 Å². The Hall–Kier alpha value is 0.0200. The lowest BCUT2D eigenvalue weighted by molar-refractivity contribution is 0.548. The summed E-state index contributed by atoms with van der Waals surface area (Å²) in [6.07, 6.45) is 0. The Morgan fingerprint density at radius 3 is 2.30 bits per heavy atom. The summed E-state index contributed by atoms with van der Waals surface area (Å²) in [7, 11) is 0. The quantitative estimate of drug-likeness (QED) is 0.570. The van der Waals surface area contributed by atoms with Gasteiger partial charge in [-0.05, 0) is 19.8 Å². The smallest absolute Gasteiger partial charge is 0.0652 e. The molecule has 0 fully saturated rings. The molecule has 0 N–H and O–H groups in total. The fourth-order valence-electron chi connectivity index (χ4n) is 1.38. The highest BCUT2D eigenvalue weighted by Gasteiger charge is 2.26. The van der Waals surface area contributed by atoms with E-state index >= 15 is 0 Å². The molecule has 0 aromatic rings. The molecule has 1 unspecified atom stereocenters. The van der Waals surface area contributed by atoms with Gasteiger partial charge in [-0.2, -0.15) is 0 Å². The summed E-state index contributed by atoms with van der Waals surface area (Å²) in [6, 6.07) is 0.532. The van der Waals surface area contributed by atoms with Gasteiger partial charge >= 0.3 is 0 Å². The van der Waals surface area contributed by atoms with Crippen LogP contribution in [0.1, 0.15) is 27.7 Å². The van der Waals surface area contributed by atoms with Crippen molar-refractivity contribution in [2.24, 2.45) is 10.9 Å². The van der Waals surface area contributed by atoms with Gasteiger partial charge in [0.15, 0.2) is 0 Å². The molecule has 0 aliphatic carbocycles. The molecule has 58 valence electrons. The first kappa shape index (κ1) is 8.12. The van der Waals surface area contributed by atoms with E-state index in [0.717, 1.165) is 11.2 Å². The second-order valence-corrected chi connectivity index (χ2v) is 4.59. The molecule has 0 saturated heterocycles. The maximum Gasteiger partial charge on any atom is 0.0652 e. The molecule has 0 spiro atoms. The second-order valence-electron chi connectivity index (χ2n) is 3.22. The van der Waals surface area contributed by atoms with Crippen molar-refractivity contribution in [3.8, 4) is 0 Å². The van der Waals surface area contributed by atoms with E-state index < -0.39 is 0 Å². The summed E-state index contributed by atoms with van der Waals surface area (Å²) in [5.41, 5.74) is 0. The Morgan fingerprint density at radius 1 is 1.50 bits per heavy atom. The summed E-state index contributed by atoms with van der Waals surface area (Å²) >= 11 is 1.93. The maximum atomic E-state index is 4.47. The van der Waals surface area contributed by atoms with Gasteiger partial charge < -0.3 is 0 Å². The van der Waals surface area contributed by atoms with E-state index in [1.54, 1.807) is 0 Å². The van der Waals surface area contributed by atoms with Crippen LogP contribution in [0.25, 0.3) is 0 Å². The van der Waals surface area contributed by atoms with Gasteiger partial charge in [-0.1, -0.05) is 13.8 Å². The predicted octanol–water partition coefficient (Wildman–Crippen LogP) is 2.56. The number of nitrogens with zero attached hydrogens (tertiary/aromatic N) is 1. The van der Waals surface area contributed by atoms with Crippen LogP contribution in [-0.4, -0.2) is 16.3 Å². The zero-order valence-corrected chi connectivity index (χ0v) is 7.90. The minimum absolute atomic E-state index is 0.532. The summed E-state index contributed by atoms with van der Waals surface area (Å²) in [5, 5.41) is 1.98. The Labute approximate surface area is 67.3 Å². The van der Waals surface area contributed by atoms with Crippen molar-refractivity contribution in [2.75, 3.05) is 0 Å². The van der Waals surface area contributed by atoms with Crippen LogP contribution < -0.4 is 0 Å². The van der Waals surface area contributed by atoms with Crippen molar-refractivity contribution in [1.29, 1.82) is 0 Å². The fourth-order valence-corrected chi connectivity index (χ4v) is 2.53. The van der Waals surface area contributed by atoms with Crippen molar-refractivity contribution in [3.63, 3.8) is 0 Å². The van der Waals surface area contributed by atoms with Gasteiger partial charge in [0.25, 0.3) is 0 Å². The van der Waals surface area contributed by atoms with Crippen molar-refractivity contribution in [2.45, 2.75) is 39.0 Å². The third kappa shape index (κ3) is 1.54. The van der Waals surface area contributed by atoms with E-state index in [1.807, 2.05) is 11.8 Å². The van der Waals surface area contributed by atoms with Crippen LogP contribution >= 0.6 is 11.8 Å². The molecule has 1 rings (SSSR count). The molecular formula is C8H15NS. The largest absolute Gasteiger partial charge is 0.279 e. The average molecular weight is 157 g/mol. The molecule has 0 radical (unpaired) electrons. The number of hydrogen-bond acceptors (Lipinski definition) is 2. The first-order chi connectivity index (χ1) is 4.61. The third-order valence-electron chi connectivity index (χ3n) is 1.82. The van der Waals surface area contributed by atoms with Crippen LogP contribution in [-0.2, 0) is 0 Å². The van der Waals surface area contributed by atoms with Crippen LogP contribution in [0.3, 0.4) is 0 Å². The number of rotatable bonds is 1. The van der Waals surface area contributed by atoms with Crippen LogP contribution in [0, 0.1) is 5.92 Å². The highest BCUT2D eigenvalue weighted by Crippen LogP contribution is 2.31. The third-order valence-corrected chi connectivity index (χ3v) is 3.48. The number of aliphatic imine (C=N–C) groups is 1. The Morgan fingerprint density at radius 2 is 2.10 bits per heavy atom. The zero-order valence-electron chi connectivity index (χ0n) is 7.09. The van der Waals surface area contributed by atoms with E-state index in [4.69, 9.17) is 0 Å². The molecule has 0 aromatic heterocycles. The molecule has 1 nitrogen and oxygen atoms in total. The SMILES string of the molecule is CC1=NC(C)[C@@H](C(C)C)S1. The fraction of sp³-hybridized carbons (Fsp3) is 0.875. The zero-order chi connectivity index (χ0) is 7.72. The Balaban J connectivity index is 2.55. The number of hydrogen-bond donors (Lipinski definition) is 0. The van der Waals surface area contributed by atoms with Crippen LogP contribution in [0.5, 0.6) is 0 Å². The van der Waals surface area contributed by atoms with E-state index in [9.17, 15) is 0 Å². The van der Waals surface area contributed by atoms with E-state index in [2.05, 4.69) is 32.7 Å². The highest BCUT2D eigenvalue weighted by molar-refractivity contribution is 8.14. The number of thioether (sulfide) groups is 1. The van der Waals surface area contributed by atoms with Crippen molar-refractivity contribution in [1.82, 2.24) is 0 Å². The van der Waals surface area contributed by atoms with Crippen LogP contribution in [0.2, 0.25) is 0 Å². The average Bonchev–Trinajstić information content (AvgIpc) is 2.10. The van der Waals surface area contributed by atoms with E-state index in [-0.39, 0.29) is 0 Å². The van der Waals surface area contributed by atoms with Gasteiger partial charge in [0.1, 0.15) is 0 Å². The van der Waals surface area contributed by atoms with E-state index in [0.29, 0.717) is 6.04 Å². The van der Waals surface area contributed by atoms with Crippen molar-refractivity contribution in [3.05, 3.63) is 0 Å². The normalized spacial score (nSPS) is 33.1. The lowest BCUT2D eigenvalue weighted by atomic mass is 10.1. The summed E-state index contributed by atoms with van der Waals surface area (Å²) in [6.45, 7) is 8.84. The van der Waals surface area contributed by atoms with Gasteiger partial charge in [-0.25, -0.2) is 0 Å². The molecule has 10 heavy (non-hydrogen) atoms. The highest BCUT2D eigenvalue weighted by atomic mass is 32.2. The molecule has 0 bridgehead atoms. The Kier molecular flexibility index (Phi) is 2.40. The van der Waals surface area contributed by atoms with Crippen molar-refractivity contribution < 1.29 is 0 Å². The molecule has 2 heteroatoms. The molecule has 1 aliphatic heterocycles. The first-order valence-corrected chi connectivity index (χ1v) is 4.70. The summed E-state index contributed by atoms with van der Waals surface area (Å²) in [5.74, 6) is 0.751. The van der Waals surface area contributed by atoms with Gasteiger partial charge in [0, 0.05) is 5.25 Å². The topological polar surface area (TPSA) is 12.4 Å². The molecule has 2 atom stereocenters. The maximum absolute atomic E-state index is 4.47. The Bertz CT molecular complexity index is 151. The van der Waals surface area contributed by atoms with Gasteiger partial charge in [0.05, 0.1) is 11.1 Å². The first-order valence-electron chi connectivity index (χ1n) is 3.82. The molecule has 1 heterocycles. The minimum Gasteiger partial charge on any atom is -0.279 e. The molecule has 1 aliphatic rings. The van der Waals surface area contributed by atoms with Gasteiger partial charge in [-0.3, -0.25) is 4.99 Å². The molecular weight excluding hydrogens is 142 g/mol.